The molecule has 0 aliphatic heterocycles. The van der Waals surface area contributed by atoms with Crippen LogP contribution >= 0.6 is 0 Å². The van der Waals surface area contributed by atoms with Gasteiger partial charge in [-0.15, -0.1) is 0 Å². The third-order valence-electron chi connectivity index (χ3n) is 10.2. The summed E-state index contributed by atoms with van der Waals surface area (Å²) >= 11 is 0. The molecule has 7 atom stereocenters. The van der Waals surface area contributed by atoms with E-state index in [1.807, 2.05) is 13.0 Å². The minimum Gasteiger partial charge on any atom is -0.319 e. The molecule has 0 aromatic rings. The van der Waals surface area contributed by atoms with Crippen LogP contribution in [0.4, 0.5) is 0 Å². The van der Waals surface area contributed by atoms with Crippen molar-refractivity contribution in [1.29, 1.82) is 0 Å². The van der Waals surface area contributed by atoms with E-state index in [1.54, 1.807) is 13.0 Å². The Kier molecular flexibility index (Phi) is 6.07. The standard InChI is InChI=1S/C28H42N2O2/c1-8-17(2)26(32)29-24-14-16-28(5)22-13-15-27(4)20(18(3)30(6)7)11-12-21(27)19(22)9-10-23(28)25(24)31/h8,10,14,18-22H,9,11-13,15-16H2,1-7H3,(H,29,32)/b17-8+/t18-,19-,20+,21-,22-,27+,28+/m0/s1. The van der Waals surface area contributed by atoms with Crippen LogP contribution in [0.25, 0.3) is 0 Å². The number of carbonyl (C=O) groups is 2. The molecular formula is C28H42N2O2. The van der Waals surface area contributed by atoms with Gasteiger partial charge in [0.2, 0.25) is 5.78 Å². The van der Waals surface area contributed by atoms with Crippen LogP contribution in [0.3, 0.4) is 0 Å². The Morgan fingerprint density at radius 3 is 2.56 bits per heavy atom. The van der Waals surface area contributed by atoms with Gasteiger partial charge in [0.15, 0.2) is 0 Å². The summed E-state index contributed by atoms with van der Waals surface area (Å²) in [5.41, 5.74) is 2.37. The Morgan fingerprint density at radius 2 is 1.91 bits per heavy atom. The van der Waals surface area contributed by atoms with Gasteiger partial charge in [0, 0.05) is 22.6 Å². The number of allylic oxidation sites excluding steroid dienone is 4. The van der Waals surface area contributed by atoms with Crippen molar-refractivity contribution >= 4 is 11.7 Å². The van der Waals surface area contributed by atoms with Crippen molar-refractivity contribution in [2.24, 2.45) is 34.5 Å². The zero-order chi connectivity index (χ0) is 23.4. The summed E-state index contributed by atoms with van der Waals surface area (Å²) in [6.45, 7) is 10.9. The van der Waals surface area contributed by atoms with Gasteiger partial charge in [-0.1, -0.05) is 32.1 Å². The number of nitrogens with one attached hydrogen (secondary N) is 1. The minimum absolute atomic E-state index is 0.0355. The third-order valence-corrected chi connectivity index (χ3v) is 10.2. The van der Waals surface area contributed by atoms with E-state index >= 15 is 0 Å². The van der Waals surface area contributed by atoms with Crippen LogP contribution in [0, 0.1) is 34.5 Å². The van der Waals surface area contributed by atoms with Crippen molar-refractivity contribution in [1.82, 2.24) is 10.2 Å². The first-order chi connectivity index (χ1) is 15.0. The van der Waals surface area contributed by atoms with Gasteiger partial charge in [-0.05, 0) is 102 Å². The number of carbonyl (C=O) groups excluding carboxylic acids is 2. The molecule has 4 aliphatic carbocycles. The highest BCUT2D eigenvalue weighted by Gasteiger charge is 2.59. The topological polar surface area (TPSA) is 49.4 Å². The predicted molar refractivity (Wildman–Crippen MR) is 130 cm³/mol. The first-order valence-electron chi connectivity index (χ1n) is 12.6. The van der Waals surface area contributed by atoms with E-state index in [4.69, 9.17) is 0 Å². The number of Topliss-reactive ketones (excluding diaryl/α,β-unsaturated/α-hetero) is 1. The highest BCUT2D eigenvalue weighted by atomic mass is 16.2. The fraction of sp³-hybridized carbons (Fsp3) is 0.714. The molecule has 2 saturated carbocycles. The first-order valence-corrected chi connectivity index (χ1v) is 12.6. The normalized spacial score (nSPS) is 40.1. The van der Waals surface area contributed by atoms with Gasteiger partial charge in [-0.25, -0.2) is 0 Å². The van der Waals surface area contributed by atoms with E-state index < -0.39 is 0 Å². The fourth-order valence-electron chi connectivity index (χ4n) is 7.91. The van der Waals surface area contributed by atoms with Crippen LogP contribution in [-0.4, -0.2) is 36.7 Å². The Bertz CT molecular complexity index is 897. The van der Waals surface area contributed by atoms with E-state index in [0.717, 1.165) is 30.3 Å². The lowest BCUT2D eigenvalue weighted by Gasteiger charge is -2.57. The summed E-state index contributed by atoms with van der Waals surface area (Å²) < 4.78 is 0. The van der Waals surface area contributed by atoms with Crippen LogP contribution in [-0.2, 0) is 9.59 Å². The third kappa shape index (κ3) is 3.45. The van der Waals surface area contributed by atoms with Crippen molar-refractivity contribution in [3.05, 3.63) is 35.1 Å². The molecule has 4 nitrogen and oxygen atoms in total. The second-order valence-electron chi connectivity index (χ2n) is 11.7. The maximum absolute atomic E-state index is 13.4. The van der Waals surface area contributed by atoms with Gasteiger partial charge >= 0.3 is 0 Å². The summed E-state index contributed by atoms with van der Waals surface area (Å²) in [6.07, 6.45) is 13.0. The molecule has 0 aromatic heterocycles. The summed E-state index contributed by atoms with van der Waals surface area (Å²) in [5, 5.41) is 2.87. The summed E-state index contributed by atoms with van der Waals surface area (Å²) in [7, 11) is 4.44. The van der Waals surface area contributed by atoms with E-state index in [-0.39, 0.29) is 17.1 Å². The first kappa shape index (κ1) is 23.5. The molecule has 4 heteroatoms. The van der Waals surface area contributed by atoms with E-state index in [1.165, 1.54) is 25.7 Å². The van der Waals surface area contributed by atoms with E-state index in [2.05, 4.69) is 51.2 Å². The lowest BCUT2D eigenvalue weighted by Crippen LogP contribution is -2.52. The second-order valence-corrected chi connectivity index (χ2v) is 11.7. The molecule has 176 valence electrons. The van der Waals surface area contributed by atoms with Gasteiger partial charge in [-0.2, -0.15) is 0 Å². The number of ketones is 1. The van der Waals surface area contributed by atoms with E-state index in [0.29, 0.717) is 34.6 Å². The van der Waals surface area contributed by atoms with Gasteiger partial charge in [0.1, 0.15) is 0 Å². The second kappa shape index (κ2) is 8.27. The molecule has 1 amide bonds. The molecule has 0 spiro atoms. The predicted octanol–water partition coefficient (Wildman–Crippen LogP) is 5.27. The van der Waals surface area contributed by atoms with Crippen molar-refractivity contribution in [3.63, 3.8) is 0 Å². The van der Waals surface area contributed by atoms with Crippen LogP contribution in [0.1, 0.15) is 73.1 Å². The highest BCUT2D eigenvalue weighted by Crippen LogP contribution is 2.66. The molecule has 0 saturated heterocycles. The maximum Gasteiger partial charge on any atom is 0.251 e. The van der Waals surface area contributed by atoms with Crippen LogP contribution in [0.2, 0.25) is 0 Å². The Balaban J connectivity index is 1.58. The Hall–Kier alpha value is -1.68. The number of rotatable bonds is 4. The maximum atomic E-state index is 13.4. The smallest absolute Gasteiger partial charge is 0.251 e. The van der Waals surface area contributed by atoms with Crippen molar-refractivity contribution in [2.75, 3.05) is 14.1 Å². The van der Waals surface area contributed by atoms with Crippen LogP contribution in [0.5, 0.6) is 0 Å². The quantitative estimate of drug-likeness (QED) is 0.608. The monoisotopic (exact) mass is 438 g/mol. The number of amides is 1. The average molecular weight is 439 g/mol. The summed E-state index contributed by atoms with van der Waals surface area (Å²) in [6, 6.07) is 0.609. The van der Waals surface area contributed by atoms with E-state index in [9.17, 15) is 9.59 Å². The molecule has 0 bridgehead atoms. The molecule has 0 unspecified atom stereocenters. The van der Waals surface area contributed by atoms with Gasteiger partial charge < -0.3 is 10.2 Å². The molecule has 4 aliphatic rings. The minimum atomic E-state index is -0.176. The SMILES string of the molecule is C/C=C(\C)C(=O)NC1=CC[C@@]2(C)C(=CC[C@H]3[C@@H]4CC[C@H]([C@H](C)N(C)C)[C@@]4(C)CC[C@@H]32)C1=O. The van der Waals surface area contributed by atoms with Gasteiger partial charge in [0.25, 0.3) is 5.91 Å². The zero-order valence-corrected chi connectivity index (χ0v) is 21.1. The zero-order valence-electron chi connectivity index (χ0n) is 21.1. The molecular weight excluding hydrogens is 396 g/mol. The lowest BCUT2D eigenvalue weighted by molar-refractivity contribution is -0.121. The van der Waals surface area contributed by atoms with Crippen molar-refractivity contribution < 1.29 is 9.59 Å². The van der Waals surface area contributed by atoms with Gasteiger partial charge in [-0.3, -0.25) is 9.59 Å². The Morgan fingerprint density at radius 1 is 1.19 bits per heavy atom. The largest absolute Gasteiger partial charge is 0.319 e. The average Bonchev–Trinajstić information content (AvgIpc) is 3.11. The molecule has 0 heterocycles. The lowest BCUT2D eigenvalue weighted by atomic mass is 9.47. The fourth-order valence-corrected chi connectivity index (χ4v) is 7.91. The highest BCUT2D eigenvalue weighted by molar-refractivity contribution is 6.13. The summed E-state index contributed by atoms with van der Waals surface area (Å²) in [4.78, 5) is 28.2. The molecule has 0 radical (unpaired) electrons. The Labute approximate surface area is 194 Å². The number of fused-ring (bicyclic) bond motifs is 5. The van der Waals surface area contributed by atoms with Crippen LogP contribution in [0.15, 0.2) is 35.1 Å². The van der Waals surface area contributed by atoms with Crippen LogP contribution < -0.4 is 5.32 Å². The summed E-state index contributed by atoms with van der Waals surface area (Å²) in [5.74, 6) is 2.60. The molecule has 32 heavy (non-hydrogen) atoms. The number of hydrogen-bond donors (Lipinski definition) is 1. The molecule has 1 N–H and O–H groups in total. The molecule has 4 rings (SSSR count). The van der Waals surface area contributed by atoms with Crippen molar-refractivity contribution in [3.8, 4) is 0 Å². The van der Waals surface area contributed by atoms with Gasteiger partial charge in [0.05, 0.1) is 5.70 Å². The number of nitrogens with zero attached hydrogens (tertiary/aromatic N) is 1. The molecule has 2 fully saturated rings. The molecule has 0 aromatic carbocycles. The van der Waals surface area contributed by atoms with Crippen molar-refractivity contribution in [2.45, 2.75) is 79.2 Å². The number of hydrogen-bond acceptors (Lipinski definition) is 3.